The number of nitrogens with zero attached hydrogens (tertiary/aromatic N) is 1. The number of furan rings is 1. The van der Waals surface area contributed by atoms with Crippen LogP contribution in [0.15, 0.2) is 120 Å². The first-order chi connectivity index (χ1) is 18.8. The fourth-order valence-electron chi connectivity index (χ4n) is 6.08. The molecule has 9 rings (SSSR count). The van der Waals surface area contributed by atoms with Crippen LogP contribution in [0.5, 0.6) is 0 Å². The van der Waals surface area contributed by atoms with Crippen LogP contribution in [-0.2, 0) is 0 Å². The molecule has 8 aromatic rings. The molecule has 1 aliphatic rings. The molecule has 0 amide bonds. The van der Waals surface area contributed by atoms with Gasteiger partial charge in [-0.2, -0.15) is 0 Å². The summed E-state index contributed by atoms with van der Waals surface area (Å²) >= 11 is 1.75. The third kappa shape index (κ3) is 2.74. The van der Waals surface area contributed by atoms with E-state index in [2.05, 4.69) is 103 Å². The molecule has 6 aromatic carbocycles. The summed E-state index contributed by atoms with van der Waals surface area (Å²) in [6, 6.07) is 41.2. The van der Waals surface area contributed by atoms with E-state index < -0.39 is 0 Å². The van der Waals surface area contributed by atoms with Crippen LogP contribution in [0.4, 0.5) is 0 Å². The monoisotopic (exact) mass is 501 g/mol. The lowest BCUT2D eigenvalue weighted by Gasteiger charge is -2.07. The Morgan fingerprint density at radius 1 is 0.526 bits per heavy atom. The van der Waals surface area contributed by atoms with E-state index in [1.807, 2.05) is 12.1 Å². The number of para-hydroxylation sites is 1. The predicted octanol–water partition coefficient (Wildman–Crippen LogP) is 10.3. The number of rotatable bonds is 2. The number of hydrogen-bond acceptors (Lipinski definition) is 3. The Bertz CT molecular complexity index is 2240. The Balaban J connectivity index is 1.22. The van der Waals surface area contributed by atoms with Crippen LogP contribution < -0.4 is 0 Å². The van der Waals surface area contributed by atoms with Crippen molar-refractivity contribution in [2.75, 3.05) is 0 Å². The molecule has 0 spiro atoms. The maximum atomic E-state index is 6.37. The summed E-state index contributed by atoms with van der Waals surface area (Å²) in [5, 5.41) is 5.89. The van der Waals surface area contributed by atoms with Gasteiger partial charge in [0, 0.05) is 27.1 Å². The van der Waals surface area contributed by atoms with Crippen molar-refractivity contribution in [3.8, 4) is 44.0 Å². The van der Waals surface area contributed by atoms with Crippen LogP contribution in [0, 0.1) is 0 Å². The molecule has 0 saturated heterocycles. The van der Waals surface area contributed by atoms with Gasteiger partial charge in [-0.15, -0.1) is 11.3 Å². The van der Waals surface area contributed by atoms with Crippen molar-refractivity contribution in [1.29, 1.82) is 0 Å². The highest BCUT2D eigenvalue weighted by molar-refractivity contribution is 7.21. The molecule has 1 aliphatic carbocycles. The zero-order chi connectivity index (χ0) is 24.8. The zero-order valence-corrected chi connectivity index (χ0v) is 21.0. The second-order valence-corrected chi connectivity index (χ2v) is 11.0. The minimum atomic E-state index is 0.941. The molecule has 176 valence electrons. The van der Waals surface area contributed by atoms with Gasteiger partial charge in [-0.1, -0.05) is 84.9 Å². The minimum absolute atomic E-state index is 0.941. The van der Waals surface area contributed by atoms with Crippen molar-refractivity contribution in [2.24, 2.45) is 0 Å². The lowest BCUT2D eigenvalue weighted by atomic mass is 9.97. The predicted molar refractivity (Wildman–Crippen MR) is 160 cm³/mol. The van der Waals surface area contributed by atoms with Crippen LogP contribution in [0.25, 0.3) is 86.9 Å². The van der Waals surface area contributed by atoms with Gasteiger partial charge in [0.15, 0.2) is 0 Å². The highest BCUT2D eigenvalue weighted by atomic mass is 32.1. The van der Waals surface area contributed by atoms with E-state index in [1.165, 1.54) is 59.6 Å². The lowest BCUT2D eigenvalue weighted by Crippen LogP contribution is -1.82. The SMILES string of the molecule is c1ccc(-c2nc3ccc(-c4ccc5c(c4)-c4cccc6c4c-5cc4c5ccccc5oc64)cc3s2)cc1. The molecule has 0 aliphatic heterocycles. The van der Waals surface area contributed by atoms with Gasteiger partial charge in [0.05, 0.1) is 10.2 Å². The molecular formula is C35H19NOS. The quantitative estimate of drug-likeness (QED) is 0.235. The molecule has 0 radical (unpaired) electrons. The summed E-state index contributed by atoms with van der Waals surface area (Å²) in [4.78, 5) is 4.88. The fourth-order valence-corrected chi connectivity index (χ4v) is 7.09. The van der Waals surface area contributed by atoms with Crippen molar-refractivity contribution in [1.82, 2.24) is 4.98 Å². The Labute approximate surface area is 222 Å². The molecule has 0 N–H and O–H groups in total. The second-order valence-electron chi connectivity index (χ2n) is 9.96. The molecule has 0 atom stereocenters. The first-order valence-corrected chi connectivity index (χ1v) is 13.6. The van der Waals surface area contributed by atoms with Gasteiger partial charge in [0.25, 0.3) is 0 Å². The molecule has 0 unspecified atom stereocenters. The zero-order valence-electron chi connectivity index (χ0n) is 20.2. The second kappa shape index (κ2) is 7.41. The van der Waals surface area contributed by atoms with Crippen LogP contribution in [-0.4, -0.2) is 4.98 Å². The van der Waals surface area contributed by atoms with Crippen molar-refractivity contribution >= 4 is 54.3 Å². The largest absolute Gasteiger partial charge is 0.455 e. The molecule has 0 saturated carbocycles. The van der Waals surface area contributed by atoms with Crippen LogP contribution >= 0.6 is 11.3 Å². The van der Waals surface area contributed by atoms with Gasteiger partial charge < -0.3 is 4.42 Å². The van der Waals surface area contributed by atoms with E-state index in [1.54, 1.807) is 11.3 Å². The normalized spacial score (nSPS) is 12.2. The first kappa shape index (κ1) is 20.3. The molecule has 0 fully saturated rings. The molecule has 0 bridgehead atoms. The molecule has 2 heterocycles. The van der Waals surface area contributed by atoms with E-state index in [9.17, 15) is 0 Å². The molecule has 2 aromatic heterocycles. The maximum Gasteiger partial charge on any atom is 0.143 e. The summed E-state index contributed by atoms with van der Waals surface area (Å²) < 4.78 is 7.57. The highest BCUT2D eigenvalue weighted by Gasteiger charge is 2.25. The van der Waals surface area contributed by atoms with E-state index >= 15 is 0 Å². The van der Waals surface area contributed by atoms with E-state index in [0.717, 1.165) is 27.3 Å². The van der Waals surface area contributed by atoms with Gasteiger partial charge in [-0.25, -0.2) is 4.98 Å². The topological polar surface area (TPSA) is 26.0 Å². The summed E-state index contributed by atoms with van der Waals surface area (Å²) in [5.41, 5.74) is 11.7. The lowest BCUT2D eigenvalue weighted by molar-refractivity contribution is 0.672. The van der Waals surface area contributed by atoms with Gasteiger partial charge in [-0.05, 0) is 63.7 Å². The molecule has 38 heavy (non-hydrogen) atoms. The standard InChI is InChI=1S/C35H19NOS/c1-2-7-20(8-3-1)35-36-30-16-14-22(18-32(30)38-35)21-13-15-23-27(17-21)25-10-6-11-26-33(25)28(23)19-29-24-9-4-5-12-31(24)37-34(26)29/h1-19H. The summed E-state index contributed by atoms with van der Waals surface area (Å²) in [7, 11) is 0. The van der Waals surface area contributed by atoms with Crippen LogP contribution in [0.1, 0.15) is 0 Å². The smallest absolute Gasteiger partial charge is 0.143 e. The molecule has 2 nitrogen and oxygen atoms in total. The maximum absolute atomic E-state index is 6.37. The van der Waals surface area contributed by atoms with Gasteiger partial charge >= 0.3 is 0 Å². The summed E-state index contributed by atoms with van der Waals surface area (Å²) in [6.45, 7) is 0. The highest BCUT2D eigenvalue weighted by Crippen LogP contribution is 2.51. The van der Waals surface area contributed by atoms with Crippen molar-refractivity contribution < 1.29 is 4.42 Å². The minimum Gasteiger partial charge on any atom is -0.455 e. The van der Waals surface area contributed by atoms with Gasteiger partial charge in [-0.3, -0.25) is 0 Å². The van der Waals surface area contributed by atoms with Crippen molar-refractivity contribution in [3.05, 3.63) is 115 Å². The average molecular weight is 502 g/mol. The Hall–Kier alpha value is -4.73. The number of aromatic nitrogens is 1. The Kier molecular flexibility index (Phi) is 3.96. The van der Waals surface area contributed by atoms with Crippen molar-refractivity contribution in [3.63, 3.8) is 0 Å². The number of benzene rings is 6. The summed E-state index contributed by atoms with van der Waals surface area (Å²) in [6.07, 6.45) is 0. The van der Waals surface area contributed by atoms with E-state index in [4.69, 9.17) is 9.40 Å². The number of thiazole rings is 1. The fraction of sp³-hybridized carbons (Fsp3) is 0. The Morgan fingerprint density at radius 2 is 1.34 bits per heavy atom. The average Bonchev–Trinajstić information content (AvgIpc) is 3.66. The van der Waals surface area contributed by atoms with Crippen molar-refractivity contribution in [2.45, 2.75) is 0 Å². The van der Waals surface area contributed by atoms with Crippen LogP contribution in [0.3, 0.4) is 0 Å². The summed E-state index contributed by atoms with van der Waals surface area (Å²) in [5.74, 6) is 0. The van der Waals surface area contributed by atoms with Crippen LogP contribution in [0.2, 0.25) is 0 Å². The third-order valence-corrected chi connectivity index (χ3v) is 8.91. The molecular weight excluding hydrogens is 482 g/mol. The number of fused-ring (bicyclic) bond motifs is 8. The molecule has 3 heteroatoms. The van der Waals surface area contributed by atoms with Gasteiger partial charge in [0.1, 0.15) is 16.2 Å². The van der Waals surface area contributed by atoms with E-state index in [-0.39, 0.29) is 0 Å². The van der Waals surface area contributed by atoms with E-state index in [0.29, 0.717) is 0 Å². The third-order valence-electron chi connectivity index (χ3n) is 7.84. The number of hydrogen-bond donors (Lipinski definition) is 0. The van der Waals surface area contributed by atoms with Gasteiger partial charge in [0.2, 0.25) is 0 Å². The Morgan fingerprint density at radius 3 is 2.29 bits per heavy atom. The first-order valence-electron chi connectivity index (χ1n) is 12.8.